The first-order valence-electron chi connectivity index (χ1n) is 2.24. The van der Waals surface area contributed by atoms with E-state index in [1.54, 1.807) is 0 Å². The van der Waals surface area contributed by atoms with Crippen LogP contribution in [0.5, 0.6) is 0 Å². The van der Waals surface area contributed by atoms with Crippen LogP contribution in [0.2, 0.25) is 0 Å². The van der Waals surface area contributed by atoms with Crippen molar-refractivity contribution < 1.29 is 31.0 Å². The van der Waals surface area contributed by atoms with E-state index in [0.717, 1.165) is 0 Å². The van der Waals surface area contributed by atoms with Gasteiger partial charge in [0.15, 0.2) is 0 Å². The molecule has 0 aromatic carbocycles. The molecule has 0 aliphatic carbocycles. The minimum absolute atomic E-state index is 0.454. The van der Waals surface area contributed by atoms with Gasteiger partial charge in [0.05, 0.1) is 0 Å². The number of carboxylic acids is 1. The molecule has 0 saturated carbocycles. The summed E-state index contributed by atoms with van der Waals surface area (Å²) in [6.07, 6.45) is 0. The molecule has 51 valence electrons. The summed E-state index contributed by atoms with van der Waals surface area (Å²) >= 11 is 2.11. The first-order valence-corrected chi connectivity index (χ1v) is 2.88. The number of amides is 1. The number of hydrogen-bond donors (Lipinski definition) is 2. The van der Waals surface area contributed by atoms with Crippen LogP contribution in [0, 0.1) is 0 Å². The molecule has 1 atom stereocenters. The quantitative estimate of drug-likeness (QED) is 0.595. The Hall–Kier alpha value is -0.528. The van der Waals surface area contributed by atoms with Crippen LogP contribution in [0.4, 0.5) is 4.79 Å². The zero-order chi connectivity index (χ0) is 7.44. The van der Waals surface area contributed by atoms with Crippen LogP contribution < -0.4 is 5.32 Å². The van der Waals surface area contributed by atoms with E-state index in [9.17, 15) is 9.59 Å². The van der Waals surface area contributed by atoms with E-state index in [4.69, 9.17) is 5.11 Å². The fraction of sp³-hybridized carbons (Fsp3) is 0.500. The molecular formula is C4H6CrNO3. The average Bonchev–Trinajstić information content (AvgIpc) is 1.63. The molecule has 0 aromatic heterocycles. The molecule has 0 aliphatic heterocycles. The molecule has 0 aliphatic rings. The van der Waals surface area contributed by atoms with Crippen molar-refractivity contribution in [1.29, 1.82) is 0 Å². The van der Waals surface area contributed by atoms with Crippen LogP contribution in [0.1, 0.15) is 6.92 Å². The molecular weight excluding hydrogens is 162 g/mol. The number of aliphatic carboxylic acids is 1. The molecule has 0 heterocycles. The maximum atomic E-state index is 10.1. The molecule has 2 N–H and O–H groups in total. The summed E-state index contributed by atoms with van der Waals surface area (Å²) in [4.78, 5) is 20.1. The summed E-state index contributed by atoms with van der Waals surface area (Å²) in [5.41, 5.74) is 0. The van der Waals surface area contributed by atoms with Gasteiger partial charge >= 0.3 is 60.0 Å². The molecule has 4 nitrogen and oxygen atoms in total. The summed E-state index contributed by atoms with van der Waals surface area (Å²) in [5, 5.41) is 10.4. The third kappa shape index (κ3) is 4.01. The Bertz CT molecular complexity index is 136. The average molecular weight is 168 g/mol. The Morgan fingerprint density at radius 1 is 1.67 bits per heavy atom. The summed E-state index contributed by atoms with van der Waals surface area (Å²) in [6.45, 7) is 1.39. The number of carbonyl (C=O) groups excluding carboxylic acids is 1. The zero-order valence-corrected chi connectivity index (χ0v) is 6.02. The second-order valence-electron chi connectivity index (χ2n) is 1.49. The van der Waals surface area contributed by atoms with Gasteiger partial charge in [0.1, 0.15) is 0 Å². The van der Waals surface area contributed by atoms with Gasteiger partial charge in [-0.1, -0.05) is 0 Å². The van der Waals surface area contributed by atoms with Crippen LogP contribution in [0.3, 0.4) is 0 Å². The van der Waals surface area contributed by atoms with Gasteiger partial charge in [0.2, 0.25) is 0 Å². The normalized spacial score (nSPS) is 12.1. The summed E-state index contributed by atoms with van der Waals surface area (Å²) in [6, 6.07) is -0.821. The van der Waals surface area contributed by atoms with E-state index in [0.29, 0.717) is 0 Å². The van der Waals surface area contributed by atoms with E-state index >= 15 is 0 Å². The molecule has 0 aromatic rings. The Balaban J connectivity index is 3.63. The van der Waals surface area contributed by atoms with Crippen molar-refractivity contribution in [2.24, 2.45) is 0 Å². The van der Waals surface area contributed by atoms with Crippen molar-refractivity contribution in [1.82, 2.24) is 5.32 Å². The van der Waals surface area contributed by atoms with Gasteiger partial charge in [0.25, 0.3) is 0 Å². The van der Waals surface area contributed by atoms with Crippen LogP contribution in [0.25, 0.3) is 0 Å². The molecule has 0 spiro atoms. The number of carbonyl (C=O) groups is 2. The first kappa shape index (κ1) is 8.47. The Morgan fingerprint density at radius 2 is 2.11 bits per heavy atom. The number of nitrogens with one attached hydrogen (secondary N) is 1. The van der Waals surface area contributed by atoms with Gasteiger partial charge in [-0.25, -0.2) is 0 Å². The molecule has 1 amide bonds. The van der Waals surface area contributed by atoms with Crippen molar-refractivity contribution in [2.45, 2.75) is 13.0 Å². The first-order chi connectivity index (χ1) is 4.04. The van der Waals surface area contributed by atoms with Gasteiger partial charge < -0.3 is 0 Å². The molecule has 5 heteroatoms. The molecule has 0 saturated heterocycles. The van der Waals surface area contributed by atoms with Crippen molar-refractivity contribution in [2.75, 3.05) is 0 Å². The predicted molar refractivity (Wildman–Crippen MR) is 25.6 cm³/mol. The molecule has 0 radical (unpaired) electrons. The Morgan fingerprint density at radius 3 is 2.22 bits per heavy atom. The predicted octanol–water partition coefficient (Wildman–Crippen LogP) is -0.284. The standard InChI is InChI=1S/C4H6NO3.Cr/c1-3(4(7)8)5-2-6;/h3H,1H3,(H,5,6)(H,7,8);. The van der Waals surface area contributed by atoms with Crippen LogP contribution in [0.15, 0.2) is 0 Å². The summed E-state index contributed by atoms with van der Waals surface area (Å²) < 4.78 is -0.454. The molecule has 0 bridgehead atoms. The number of rotatable bonds is 2. The third-order valence-corrected chi connectivity index (χ3v) is 0.889. The minimum atomic E-state index is -1.04. The monoisotopic (exact) mass is 168 g/mol. The van der Waals surface area contributed by atoms with Crippen molar-refractivity contribution in [3.8, 4) is 0 Å². The second kappa shape index (κ2) is 3.49. The molecule has 0 fully saturated rings. The van der Waals surface area contributed by atoms with Crippen LogP contribution in [-0.4, -0.2) is 21.9 Å². The second-order valence-corrected chi connectivity index (χ2v) is 2.07. The zero-order valence-electron chi connectivity index (χ0n) is 4.75. The maximum absolute atomic E-state index is 10.1. The van der Waals surface area contributed by atoms with Gasteiger partial charge in [-0.2, -0.15) is 0 Å². The fourth-order valence-corrected chi connectivity index (χ4v) is 0.515. The summed E-state index contributed by atoms with van der Waals surface area (Å²) in [5.74, 6) is -1.04. The van der Waals surface area contributed by atoms with Gasteiger partial charge in [-0.3, -0.25) is 0 Å². The number of carboxylic acid groups (broad SMARTS) is 1. The Kier molecular flexibility index (Phi) is 3.28. The van der Waals surface area contributed by atoms with Crippen LogP contribution >= 0.6 is 0 Å². The molecule has 0 rings (SSSR count). The van der Waals surface area contributed by atoms with Gasteiger partial charge in [-0.15, -0.1) is 0 Å². The number of hydrogen-bond acceptors (Lipinski definition) is 2. The third-order valence-electron chi connectivity index (χ3n) is 0.705. The van der Waals surface area contributed by atoms with Gasteiger partial charge in [0, 0.05) is 0 Å². The Labute approximate surface area is 60.7 Å². The van der Waals surface area contributed by atoms with E-state index in [1.165, 1.54) is 6.92 Å². The molecule has 1 unspecified atom stereocenters. The van der Waals surface area contributed by atoms with E-state index in [-0.39, 0.29) is 0 Å². The molecule has 9 heavy (non-hydrogen) atoms. The fourth-order valence-electron chi connectivity index (χ4n) is 0.239. The SMILES string of the molecule is CC(N[C](=O)[Cr])C(=O)O. The van der Waals surface area contributed by atoms with Gasteiger partial charge in [-0.05, 0) is 0 Å². The topological polar surface area (TPSA) is 66.4 Å². The van der Waals surface area contributed by atoms with E-state index < -0.39 is 16.8 Å². The van der Waals surface area contributed by atoms with E-state index in [2.05, 4.69) is 21.6 Å². The van der Waals surface area contributed by atoms with Crippen molar-refractivity contribution in [3.05, 3.63) is 0 Å². The van der Waals surface area contributed by atoms with Crippen molar-refractivity contribution >= 4 is 10.7 Å². The summed E-state index contributed by atoms with van der Waals surface area (Å²) in [7, 11) is 0. The van der Waals surface area contributed by atoms with Crippen molar-refractivity contribution in [3.63, 3.8) is 0 Å². The van der Waals surface area contributed by atoms with E-state index in [1.807, 2.05) is 0 Å². The van der Waals surface area contributed by atoms with Crippen LogP contribution in [-0.2, 0) is 21.1 Å².